The number of carboxylic acids is 2. The van der Waals surface area contributed by atoms with E-state index < -0.39 is 89.8 Å². The van der Waals surface area contributed by atoms with E-state index in [1.807, 2.05) is 0 Å². The Morgan fingerprint density at radius 2 is 1.07 bits per heavy atom. The average molecular weight is 635 g/mol. The van der Waals surface area contributed by atoms with Crippen LogP contribution in [0.2, 0.25) is 0 Å². The number of amides is 8. The fourth-order valence-electron chi connectivity index (χ4n) is 4.33. The van der Waals surface area contributed by atoms with Crippen molar-refractivity contribution in [3.05, 3.63) is 24.3 Å². The van der Waals surface area contributed by atoms with Gasteiger partial charge in [0.2, 0.25) is 23.6 Å². The van der Waals surface area contributed by atoms with Gasteiger partial charge in [-0.15, -0.1) is 0 Å². The van der Waals surface area contributed by atoms with Gasteiger partial charge in [-0.2, -0.15) is 0 Å². The number of carbonyl (C=O) groups excluding carboxylic acids is 8. The summed E-state index contributed by atoms with van der Waals surface area (Å²) in [5, 5.41) is 27.1. The molecule has 0 aromatic carbocycles. The van der Waals surface area contributed by atoms with Gasteiger partial charge < -0.3 is 31.5 Å². The number of aliphatic carboxylic acids is 2. The molecule has 0 fully saturated rings. The van der Waals surface area contributed by atoms with Gasteiger partial charge in [-0.3, -0.25) is 53.0 Å². The molecular weight excluding hydrogens is 600 g/mol. The number of hydrogen-bond acceptors (Lipinski definition) is 10. The molecular formula is C27H34N6O12. The predicted molar refractivity (Wildman–Crippen MR) is 149 cm³/mol. The van der Waals surface area contributed by atoms with E-state index in [2.05, 4.69) is 21.3 Å². The van der Waals surface area contributed by atoms with Crippen LogP contribution < -0.4 is 21.3 Å². The van der Waals surface area contributed by atoms with E-state index in [0.717, 1.165) is 24.3 Å². The Morgan fingerprint density at radius 3 is 1.42 bits per heavy atom. The van der Waals surface area contributed by atoms with Gasteiger partial charge in [0.05, 0.1) is 0 Å². The quantitative estimate of drug-likeness (QED) is 0.0643. The predicted octanol–water partition coefficient (Wildman–Crippen LogP) is -3.21. The number of imide groups is 2. The zero-order valence-corrected chi connectivity index (χ0v) is 24.4. The third-order valence-corrected chi connectivity index (χ3v) is 6.53. The number of carboxylic acid groups (broad SMARTS) is 2. The SMILES string of the molecule is CC(C)[C@H](NC(=O)CCCNC(=O)C(C(C(=O)NCCCC(=O)NCC(=O)O)N1C(=O)C=CC1=O)N1C(=O)C=CC1=O)C(=O)O. The van der Waals surface area contributed by atoms with Gasteiger partial charge in [0.15, 0.2) is 0 Å². The maximum absolute atomic E-state index is 13.5. The molecule has 18 heteroatoms. The van der Waals surface area contributed by atoms with E-state index in [1.54, 1.807) is 13.8 Å². The van der Waals surface area contributed by atoms with Crippen LogP contribution in [0.5, 0.6) is 0 Å². The Balaban J connectivity index is 2.20. The number of carbonyl (C=O) groups is 10. The molecule has 0 spiro atoms. The molecule has 0 aliphatic carbocycles. The monoisotopic (exact) mass is 634 g/mol. The Labute approximate surface area is 256 Å². The van der Waals surface area contributed by atoms with Crippen molar-refractivity contribution in [1.82, 2.24) is 31.1 Å². The molecule has 2 heterocycles. The van der Waals surface area contributed by atoms with E-state index >= 15 is 0 Å². The number of rotatable bonds is 18. The lowest BCUT2D eigenvalue weighted by atomic mass is 10.0. The highest BCUT2D eigenvalue weighted by Crippen LogP contribution is 2.21. The van der Waals surface area contributed by atoms with Gasteiger partial charge in [-0.1, -0.05) is 13.8 Å². The topological polar surface area (TPSA) is 266 Å². The van der Waals surface area contributed by atoms with Crippen molar-refractivity contribution < 1.29 is 58.2 Å². The maximum atomic E-state index is 13.5. The second-order valence-corrected chi connectivity index (χ2v) is 10.2. The molecule has 0 saturated carbocycles. The zero-order chi connectivity index (χ0) is 33.8. The molecule has 2 unspecified atom stereocenters. The number of hydrogen-bond donors (Lipinski definition) is 6. The molecule has 0 bridgehead atoms. The normalized spacial score (nSPS) is 16.1. The highest BCUT2D eigenvalue weighted by atomic mass is 16.4. The van der Waals surface area contributed by atoms with Crippen LogP contribution in [0.1, 0.15) is 39.5 Å². The Morgan fingerprint density at radius 1 is 0.667 bits per heavy atom. The Kier molecular flexibility index (Phi) is 13.1. The molecule has 0 radical (unpaired) electrons. The summed E-state index contributed by atoms with van der Waals surface area (Å²) in [6.07, 6.45) is 2.84. The second kappa shape index (κ2) is 16.4. The lowest BCUT2D eigenvalue weighted by molar-refractivity contribution is -0.156. The van der Waals surface area contributed by atoms with Gasteiger partial charge in [0, 0.05) is 50.2 Å². The highest BCUT2D eigenvalue weighted by molar-refractivity contribution is 6.18. The van der Waals surface area contributed by atoms with E-state index in [1.165, 1.54) is 0 Å². The molecule has 0 aromatic heterocycles. The standard InChI is InChI=1S/C27H34N6O12/c1-14(2)22(27(44)45)31-16(35)6-4-12-29-26(43)24(33-19(38)9-10-20(33)39)23(32-17(36)7-8-18(32)37)25(42)28-11-3-5-15(34)30-13-21(40)41/h7-10,14,22-24H,3-6,11-13H2,1-2H3,(H,28,42)(H,29,43)(H,30,34)(H,31,35)(H,40,41)(H,44,45)/t22-,23?,24?/m0/s1. The molecule has 2 aliphatic rings. The van der Waals surface area contributed by atoms with Gasteiger partial charge >= 0.3 is 11.9 Å². The van der Waals surface area contributed by atoms with Crippen LogP contribution in [0.4, 0.5) is 0 Å². The molecule has 0 saturated heterocycles. The van der Waals surface area contributed by atoms with Crippen molar-refractivity contribution in [2.45, 2.75) is 57.7 Å². The molecule has 0 aromatic rings. The minimum absolute atomic E-state index is 0.0222. The molecule has 8 amide bonds. The third kappa shape index (κ3) is 10.1. The summed E-state index contributed by atoms with van der Waals surface area (Å²) in [7, 11) is 0. The molecule has 2 aliphatic heterocycles. The largest absolute Gasteiger partial charge is 0.480 e. The number of nitrogens with zero attached hydrogens (tertiary/aromatic N) is 2. The molecule has 6 N–H and O–H groups in total. The first-order valence-corrected chi connectivity index (χ1v) is 13.8. The summed E-state index contributed by atoms with van der Waals surface area (Å²) in [5.41, 5.74) is 0. The molecule has 244 valence electrons. The second-order valence-electron chi connectivity index (χ2n) is 10.2. The summed E-state index contributed by atoms with van der Waals surface area (Å²) >= 11 is 0. The Hall–Kier alpha value is -5.42. The van der Waals surface area contributed by atoms with Crippen LogP contribution in [-0.2, 0) is 47.9 Å². The van der Waals surface area contributed by atoms with Crippen LogP contribution in [0.15, 0.2) is 24.3 Å². The van der Waals surface area contributed by atoms with Gasteiger partial charge in [-0.25, -0.2) is 4.79 Å². The first kappa shape index (κ1) is 35.8. The maximum Gasteiger partial charge on any atom is 0.326 e. The van der Waals surface area contributed by atoms with Gasteiger partial charge in [-0.05, 0) is 18.8 Å². The zero-order valence-electron chi connectivity index (χ0n) is 24.4. The fourth-order valence-corrected chi connectivity index (χ4v) is 4.33. The lowest BCUT2D eigenvalue weighted by Gasteiger charge is -2.35. The third-order valence-electron chi connectivity index (χ3n) is 6.53. The summed E-state index contributed by atoms with van der Waals surface area (Å²) in [6, 6.07) is -5.23. The summed E-state index contributed by atoms with van der Waals surface area (Å²) in [5.74, 6) is -10.4. The molecule has 18 nitrogen and oxygen atoms in total. The minimum atomic E-state index is -2.04. The van der Waals surface area contributed by atoms with E-state index in [0.29, 0.717) is 9.80 Å². The summed E-state index contributed by atoms with van der Waals surface area (Å²) in [4.78, 5) is 124. The number of nitrogens with one attached hydrogen (secondary N) is 4. The Bertz CT molecular complexity index is 1290. The molecule has 2 rings (SSSR count). The first-order chi connectivity index (χ1) is 21.1. The van der Waals surface area contributed by atoms with Crippen molar-refractivity contribution in [3.8, 4) is 0 Å². The van der Waals surface area contributed by atoms with E-state index in [-0.39, 0.29) is 38.8 Å². The van der Waals surface area contributed by atoms with Crippen molar-refractivity contribution in [2.75, 3.05) is 19.6 Å². The van der Waals surface area contributed by atoms with Crippen LogP contribution in [0.25, 0.3) is 0 Å². The van der Waals surface area contributed by atoms with Crippen molar-refractivity contribution in [1.29, 1.82) is 0 Å². The van der Waals surface area contributed by atoms with Crippen molar-refractivity contribution >= 4 is 59.2 Å². The van der Waals surface area contributed by atoms with Gasteiger partial charge in [0.25, 0.3) is 23.6 Å². The summed E-state index contributed by atoms with van der Waals surface area (Å²) < 4.78 is 0. The van der Waals surface area contributed by atoms with Crippen molar-refractivity contribution in [2.24, 2.45) is 5.92 Å². The average Bonchev–Trinajstić information content (AvgIpc) is 3.47. The fraction of sp³-hybridized carbons (Fsp3) is 0.481. The highest BCUT2D eigenvalue weighted by Gasteiger charge is 2.50. The first-order valence-electron chi connectivity index (χ1n) is 13.8. The molecule has 45 heavy (non-hydrogen) atoms. The minimum Gasteiger partial charge on any atom is -0.480 e. The smallest absolute Gasteiger partial charge is 0.326 e. The van der Waals surface area contributed by atoms with Crippen LogP contribution in [0, 0.1) is 5.92 Å². The lowest BCUT2D eigenvalue weighted by Crippen LogP contribution is -2.65. The molecule has 3 atom stereocenters. The van der Waals surface area contributed by atoms with Crippen LogP contribution in [0.3, 0.4) is 0 Å². The van der Waals surface area contributed by atoms with E-state index in [4.69, 9.17) is 5.11 Å². The summed E-state index contributed by atoms with van der Waals surface area (Å²) in [6.45, 7) is 2.11. The van der Waals surface area contributed by atoms with Crippen LogP contribution in [-0.4, -0.2) is 117 Å². The van der Waals surface area contributed by atoms with Crippen LogP contribution >= 0.6 is 0 Å². The van der Waals surface area contributed by atoms with Gasteiger partial charge in [0.1, 0.15) is 24.7 Å². The van der Waals surface area contributed by atoms with Crippen molar-refractivity contribution in [3.63, 3.8) is 0 Å². The van der Waals surface area contributed by atoms with E-state index in [9.17, 15) is 53.1 Å².